The molecule has 0 unspecified atom stereocenters. The number of carboxylic acids is 1. The predicted octanol–water partition coefficient (Wildman–Crippen LogP) is 2.84. The van der Waals surface area contributed by atoms with E-state index < -0.39 is 5.97 Å². The Morgan fingerprint density at radius 1 is 1.23 bits per heavy atom. The van der Waals surface area contributed by atoms with Crippen LogP contribution in [0, 0.1) is 13.8 Å². The molecule has 0 saturated carbocycles. The Kier molecular flexibility index (Phi) is 9.54. The van der Waals surface area contributed by atoms with E-state index in [-0.39, 0.29) is 5.91 Å². The monoisotopic (exact) mass is 306 g/mol. The van der Waals surface area contributed by atoms with Crippen LogP contribution in [0.5, 0.6) is 0 Å². The number of aliphatic carboxylic acids is 1. The van der Waals surface area contributed by atoms with Crippen molar-refractivity contribution in [2.75, 3.05) is 25.0 Å². The predicted molar refractivity (Wildman–Crippen MR) is 90.2 cm³/mol. The number of likely N-dealkylation sites (N-methyl/N-ethyl adjacent to an activating group) is 1. The topological polar surface area (TPSA) is 69.6 Å². The first-order valence-corrected chi connectivity index (χ1v) is 7.29. The van der Waals surface area contributed by atoms with Crippen LogP contribution in [0.3, 0.4) is 0 Å². The minimum absolute atomic E-state index is 0.0612. The van der Waals surface area contributed by atoms with Crippen molar-refractivity contribution in [2.45, 2.75) is 27.7 Å². The van der Waals surface area contributed by atoms with E-state index >= 15 is 0 Å². The van der Waals surface area contributed by atoms with Crippen molar-refractivity contribution in [1.82, 2.24) is 4.90 Å². The summed E-state index contributed by atoms with van der Waals surface area (Å²) in [5.74, 6) is -0.920. The Labute approximate surface area is 132 Å². The molecule has 0 aliphatic rings. The molecule has 0 radical (unpaired) electrons. The van der Waals surface area contributed by atoms with Crippen LogP contribution in [0.4, 0.5) is 5.69 Å². The molecule has 2 N–H and O–H groups in total. The molecule has 0 aliphatic heterocycles. The second kappa shape index (κ2) is 10.6. The summed E-state index contributed by atoms with van der Waals surface area (Å²) in [4.78, 5) is 23.2. The van der Waals surface area contributed by atoms with Gasteiger partial charge < -0.3 is 10.4 Å². The highest BCUT2D eigenvalue weighted by Crippen LogP contribution is 2.19. The molecule has 1 amide bonds. The van der Waals surface area contributed by atoms with Gasteiger partial charge in [-0.3, -0.25) is 9.69 Å². The van der Waals surface area contributed by atoms with E-state index in [1.807, 2.05) is 32.0 Å². The van der Waals surface area contributed by atoms with Crippen molar-refractivity contribution < 1.29 is 14.7 Å². The molecule has 1 aromatic rings. The fourth-order valence-electron chi connectivity index (χ4n) is 1.84. The number of nitrogens with zero attached hydrogens (tertiary/aromatic N) is 1. The quantitative estimate of drug-likeness (QED) is 0.793. The number of carbonyl (C=O) groups is 2. The van der Waals surface area contributed by atoms with E-state index in [2.05, 4.69) is 30.6 Å². The van der Waals surface area contributed by atoms with Crippen molar-refractivity contribution in [3.8, 4) is 0 Å². The molecule has 122 valence electrons. The van der Waals surface area contributed by atoms with E-state index in [1.165, 1.54) is 0 Å². The summed E-state index contributed by atoms with van der Waals surface area (Å²) in [5.41, 5.74) is 3.17. The van der Waals surface area contributed by atoms with Crippen LogP contribution in [-0.2, 0) is 9.59 Å². The number of hydrogen-bond acceptors (Lipinski definition) is 3. The van der Waals surface area contributed by atoms with Gasteiger partial charge in [0.1, 0.15) is 0 Å². The van der Waals surface area contributed by atoms with E-state index in [1.54, 1.807) is 0 Å². The van der Waals surface area contributed by atoms with E-state index in [0.29, 0.717) is 6.54 Å². The van der Waals surface area contributed by atoms with Gasteiger partial charge in [-0.25, -0.2) is 4.79 Å². The first-order chi connectivity index (χ1) is 10.3. The lowest BCUT2D eigenvalue weighted by atomic mass is 10.1. The van der Waals surface area contributed by atoms with Gasteiger partial charge in [0, 0.05) is 11.8 Å². The van der Waals surface area contributed by atoms with Gasteiger partial charge >= 0.3 is 5.97 Å². The zero-order chi connectivity index (χ0) is 17.1. The number of anilines is 1. The van der Waals surface area contributed by atoms with Crippen LogP contribution < -0.4 is 5.32 Å². The fraction of sp³-hybridized carbons (Fsp3) is 0.412. The molecule has 0 heterocycles. The summed E-state index contributed by atoms with van der Waals surface area (Å²) in [6.07, 6.45) is 0.833. The van der Waals surface area contributed by atoms with E-state index in [4.69, 9.17) is 5.11 Å². The molecular weight excluding hydrogens is 280 g/mol. The first kappa shape index (κ1) is 19.9. The molecule has 0 aromatic heterocycles. The molecule has 0 bridgehead atoms. The molecule has 1 rings (SSSR count). The number of carboxylic acid groups (broad SMARTS) is 1. The van der Waals surface area contributed by atoms with Gasteiger partial charge in [0.15, 0.2) is 0 Å². The number of rotatable bonds is 6. The van der Waals surface area contributed by atoms with Crippen LogP contribution in [-0.4, -0.2) is 41.5 Å². The zero-order valence-corrected chi connectivity index (χ0v) is 13.8. The van der Waals surface area contributed by atoms with Crippen LogP contribution in [0.15, 0.2) is 30.9 Å². The van der Waals surface area contributed by atoms with Gasteiger partial charge in [-0.15, -0.1) is 0 Å². The summed E-state index contributed by atoms with van der Waals surface area (Å²) in [6.45, 7) is 13.4. The zero-order valence-electron chi connectivity index (χ0n) is 13.8. The molecule has 0 fully saturated rings. The third kappa shape index (κ3) is 7.59. The standard InChI is InChI=1S/C14H22N2O.C3H4O2/c1-5-16(6-2)10-13(17)15-14-11(3)8-7-9-12(14)4;1-2-3(4)5/h7-9H,5-6,10H2,1-4H3,(H,15,17);2H,1H2,(H,4,5). The maximum atomic E-state index is 11.9. The Balaban J connectivity index is 0.000000763. The molecule has 0 atom stereocenters. The Bertz CT molecular complexity index is 488. The molecule has 0 spiro atoms. The van der Waals surface area contributed by atoms with Gasteiger partial charge in [0.05, 0.1) is 6.54 Å². The smallest absolute Gasteiger partial charge is 0.327 e. The summed E-state index contributed by atoms with van der Waals surface area (Å²) >= 11 is 0. The second-order valence-corrected chi connectivity index (χ2v) is 4.82. The highest BCUT2D eigenvalue weighted by atomic mass is 16.4. The van der Waals surface area contributed by atoms with Gasteiger partial charge in [0.25, 0.3) is 0 Å². The Morgan fingerprint density at radius 2 is 1.68 bits per heavy atom. The normalized spacial score (nSPS) is 9.68. The number of nitrogens with one attached hydrogen (secondary N) is 1. The number of hydrogen-bond donors (Lipinski definition) is 2. The van der Waals surface area contributed by atoms with Crippen LogP contribution in [0.1, 0.15) is 25.0 Å². The van der Waals surface area contributed by atoms with Crippen molar-refractivity contribution in [3.63, 3.8) is 0 Å². The molecular formula is C17H26N2O3. The maximum Gasteiger partial charge on any atom is 0.327 e. The second-order valence-electron chi connectivity index (χ2n) is 4.82. The van der Waals surface area contributed by atoms with Crippen molar-refractivity contribution in [2.24, 2.45) is 0 Å². The average Bonchev–Trinajstić information content (AvgIpc) is 2.49. The number of benzene rings is 1. The Morgan fingerprint density at radius 3 is 2.05 bits per heavy atom. The van der Waals surface area contributed by atoms with E-state index in [0.717, 1.165) is 36.0 Å². The number of para-hydroxylation sites is 1. The lowest BCUT2D eigenvalue weighted by Gasteiger charge is -2.18. The summed E-state index contributed by atoms with van der Waals surface area (Å²) < 4.78 is 0. The SMILES string of the molecule is C=CC(=O)O.CCN(CC)CC(=O)Nc1c(C)cccc1C. The highest BCUT2D eigenvalue weighted by molar-refractivity contribution is 5.93. The van der Waals surface area contributed by atoms with Gasteiger partial charge in [0.2, 0.25) is 5.91 Å². The molecule has 0 aliphatic carbocycles. The lowest BCUT2D eigenvalue weighted by Crippen LogP contribution is -2.33. The average molecular weight is 306 g/mol. The molecule has 22 heavy (non-hydrogen) atoms. The summed E-state index contributed by atoms with van der Waals surface area (Å²) in [7, 11) is 0. The van der Waals surface area contributed by atoms with Crippen LogP contribution >= 0.6 is 0 Å². The van der Waals surface area contributed by atoms with Gasteiger partial charge in [-0.1, -0.05) is 38.6 Å². The molecule has 5 heteroatoms. The van der Waals surface area contributed by atoms with Crippen LogP contribution in [0.25, 0.3) is 0 Å². The third-order valence-corrected chi connectivity index (χ3v) is 3.18. The third-order valence-electron chi connectivity index (χ3n) is 3.18. The fourth-order valence-corrected chi connectivity index (χ4v) is 1.84. The molecule has 5 nitrogen and oxygen atoms in total. The lowest BCUT2D eigenvalue weighted by molar-refractivity contribution is -0.131. The maximum absolute atomic E-state index is 11.9. The van der Waals surface area contributed by atoms with E-state index in [9.17, 15) is 9.59 Å². The van der Waals surface area contributed by atoms with Crippen molar-refractivity contribution in [3.05, 3.63) is 42.0 Å². The minimum atomic E-state index is -0.981. The summed E-state index contributed by atoms with van der Waals surface area (Å²) in [5, 5.41) is 10.6. The van der Waals surface area contributed by atoms with Gasteiger partial charge in [-0.05, 0) is 38.1 Å². The number of aryl methyl sites for hydroxylation is 2. The van der Waals surface area contributed by atoms with Gasteiger partial charge in [-0.2, -0.15) is 0 Å². The van der Waals surface area contributed by atoms with Crippen molar-refractivity contribution >= 4 is 17.6 Å². The van der Waals surface area contributed by atoms with Crippen molar-refractivity contribution in [1.29, 1.82) is 0 Å². The molecule has 0 saturated heterocycles. The molecule has 1 aromatic carbocycles. The first-order valence-electron chi connectivity index (χ1n) is 7.29. The number of carbonyl (C=O) groups excluding carboxylic acids is 1. The highest BCUT2D eigenvalue weighted by Gasteiger charge is 2.09. The Hall–Kier alpha value is -2.14. The largest absolute Gasteiger partial charge is 0.478 e. The summed E-state index contributed by atoms with van der Waals surface area (Å²) in [6, 6.07) is 6.03. The van der Waals surface area contributed by atoms with Crippen LogP contribution in [0.2, 0.25) is 0 Å². The number of amides is 1. The minimum Gasteiger partial charge on any atom is -0.478 e.